The topological polar surface area (TPSA) is 97.4 Å². The van der Waals surface area contributed by atoms with Gasteiger partial charge in [-0.25, -0.2) is 13.1 Å². The van der Waals surface area contributed by atoms with Crippen molar-refractivity contribution in [1.29, 1.82) is 0 Å². The molecule has 0 aliphatic rings. The molecule has 0 saturated heterocycles. The van der Waals surface area contributed by atoms with Crippen molar-refractivity contribution >= 4 is 21.4 Å². The van der Waals surface area contributed by atoms with Crippen molar-refractivity contribution < 1.29 is 12.8 Å². The summed E-state index contributed by atoms with van der Waals surface area (Å²) in [5.41, 5.74) is 6.86. The van der Waals surface area contributed by atoms with Gasteiger partial charge in [-0.2, -0.15) is 0 Å². The monoisotopic (exact) mass is 295 g/mol. The predicted molar refractivity (Wildman–Crippen MR) is 77.9 cm³/mol. The lowest BCUT2D eigenvalue weighted by atomic mass is 10.2. The summed E-state index contributed by atoms with van der Waals surface area (Å²) in [6, 6.07) is 8.23. The third-order valence-corrected chi connectivity index (χ3v) is 4.26. The molecular weight excluding hydrogens is 278 g/mol. The number of benzene rings is 1. The van der Waals surface area contributed by atoms with Crippen molar-refractivity contribution in [1.82, 2.24) is 4.72 Å². The van der Waals surface area contributed by atoms with Crippen LogP contribution in [0.4, 0.5) is 11.4 Å². The van der Waals surface area contributed by atoms with E-state index in [-0.39, 0.29) is 4.90 Å². The van der Waals surface area contributed by atoms with E-state index in [4.69, 9.17) is 10.2 Å². The van der Waals surface area contributed by atoms with E-state index in [1.165, 1.54) is 19.2 Å². The molecule has 4 N–H and O–H groups in total. The van der Waals surface area contributed by atoms with Crippen molar-refractivity contribution in [2.24, 2.45) is 0 Å². The van der Waals surface area contributed by atoms with Crippen molar-refractivity contribution in [2.45, 2.75) is 18.4 Å². The smallest absolute Gasteiger partial charge is 0.240 e. The van der Waals surface area contributed by atoms with Gasteiger partial charge in [0, 0.05) is 0 Å². The number of furan rings is 1. The summed E-state index contributed by atoms with van der Waals surface area (Å²) in [5, 5.41) is 3.07. The molecule has 1 aromatic carbocycles. The molecule has 1 heterocycles. The molecule has 20 heavy (non-hydrogen) atoms. The number of aryl methyl sites for hydroxylation is 1. The maximum Gasteiger partial charge on any atom is 0.240 e. The maximum absolute atomic E-state index is 11.7. The van der Waals surface area contributed by atoms with E-state index in [9.17, 15) is 8.42 Å². The van der Waals surface area contributed by atoms with Gasteiger partial charge in [-0.15, -0.1) is 0 Å². The molecule has 6 nitrogen and oxygen atoms in total. The molecule has 0 radical (unpaired) electrons. The lowest BCUT2D eigenvalue weighted by Gasteiger charge is -2.10. The Balaban J connectivity index is 2.21. The molecule has 2 aromatic rings. The van der Waals surface area contributed by atoms with E-state index in [1.54, 1.807) is 6.07 Å². The Morgan fingerprint density at radius 2 is 2.00 bits per heavy atom. The minimum Gasteiger partial charge on any atom is -0.465 e. The van der Waals surface area contributed by atoms with Crippen LogP contribution in [0.1, 0.15) is 11.5 Å². The third kappa shape index (κ3) is 3.12. The van der Waals surface area contributed by atoms with Crippen LogP contribution in [0.5, 0.6) is 0 Å². The summed E-state index contributed by atoms with van der Waals surface area (Å²) in [6.45, 7) is 2.29. The van der Waals surface area contributed by atoms with E-state index >= 15 is 0 Å². The Morgan fingerprint density at radius 3 is 2.60 bits per heavy atom. The first-order valence-corrected chi connectivity index (χ1v) is 7.53. The molecule has 0 saturated carbocycles. The van der Waals surface area contributed by atoms with Gasteiger partial charge in [-0.05, 0) is 44.3 Å². The van der Waals surface area contributed by atoms with Crippen LogP contribution in [0, 0.1) is 6.92 Å². The molecule has 0 atom stereocenters. The number of hydrogen-bond donors (Lipinski definition) is 3. The van der Waals surface area contributed by atoms with E-state index in [2.05, 4.69) is 10.0 Å². The average molecular weight is 295 g/mol. The molecule has 0 bridgehead atoms. The highest BCUT2D eigenvalue weighted by molar-refractivity contribution is 7.89. The van der Waals surface area contributed by atoms with Gasteiger partial charge in [0.05, 0.1) is 22.8 Å². The Bertz CT molecular complexity index is 707. The van der Waals surface area contributed by atoms with Gasteiger partial charge in [0.25, 0.3) is 0 Å². The van der Waals surface area contributed by atoms with Gasteiger partial charge in [0.15, 0.2) is 0 Å². The van der Waals surface area contributed by atoms with E-state index < -0.39 is 10.0 Å². The first-order valence-electron chi connectivity index (χ1n) is 6.04. The number of anilines is 2. The fourth-order valence-corrected chi connectivity index (χ4v) is 2.49. The van der Waals surface area contributed by atoms with E-state index in [0.717, 1.165) is 11.5 Å². The molecule has 2 rings (SSSR count). The first-order chi connectivity index (χ1) is 9.42. The molecular formula is C13H17N3O3S. The molecule has 0 unspecified atom stereocenters. The molecule has 108 valence electrons. The van der Waals surface area contributed by atoms with Crippen LogP contribution < -0.4 is 15.8 Å². The SMILES string of the molecule is CNS(=O)(=O)c1ccc(N)c(NCc2ccc(C)o2)c1. The second-order valence-corrected chi connectivity index (χ2v) is 6.21. The highest BCUT2D eigenvalue weighted by Gasteiger charge is 2.13. The zero-order valence-electron chi connectivity index (χ0n) is 11.3. The number of sulfonamides is 1. The molecule has 0 amide bonds. The fraction of sp³-hybridized carbons (Fsp3) is 0.231. The van der Waals surface area contributed by atoms with Crippen LogP contribution >= 0.6 is 0 Å². The summed E-state index contributed by atoms with van der Waals surface area (Å²) >= 11 is 0. The summed E-state index contributed by atoms with van der Waals surface area (Å²) in [5.74, 6) is 1.57. The minimum atomic E-state index is -3.49. The largest absolute Gasteiger partial charge is 0.465 e. The highest BCUT2D eigenvalue weighted by atomic mass is 32.2. The van der Waals surface area contributed by atoms with Gasteiger partial charge in [0.2, 0.25) is 10.0 Å². The van der Waals surface area contributed by atoms with Crippen LogP contribution in [0.25, 0.3) is 0 Å². The van der Waals surface area contributed by atoms with Gasteiger partial charge >= 0.3 is 0 Å². The lowest BCUT2D eigenvalue weighted by Crippen LogP contribution is -2.18. The highest BCUT2D eigenvalue weighted by Crippen LogP contribution is 2.23. The number of nitrogens with two attached hydrogens (primary N) is 1. The molecule has 0 aliphatic carbocycles. The van der Waals surface area contributed by atoms with E-state index in [1.807, 2.05) is 19.1 Å². The third-order valence-electron chi connectivity index (χ3n) is 2.85. The normalized spacial score (nSPS) is 11.5. The zero-order chi connectivity index (χ0) is 14.8. The summed E-state index contributed by atoms with van der Waals surface area (Å²) in [4.78, 5) is 0.160. The number of nitrogens with one attached hydrogen (secondary N) is 2. The summed E-state index contributed by atoms with van der Waals surface area (Å²) < 4.78 is 31.2. The maximum atomic E-state index is 11.7. The number of nitrogen functional groups attached to an aromatic ring is 1. The van der Waals surface area contributed by atoms with Crippen molar-refractivity contribution in [2.75, 3.05) is 18.1 Å². The van der Waals surface area contributed by atoms with Gasteiger partial charge in [-0.3, -0.25) is 0 Å². The summed E-state index contributed by atoms with van der Waals surface area (Å²) in [6.07, 6.45) is 0. The molecule has 0 fully saturated rings. The standard InChI is InChI=1S/C13H17N3O3S/c1-9-3-4-10(19-9)8-16-13-7-11(5-6-12(13)14)20(17,18)15-2/h3-7,15-16H,8,14H2,1-2H3. The second kappa shape index (κ2) is 5.56. The quantitative estimate of drug-likeness (QED) is 0.729. The van der Waals surface area contributed by atoms with Crippen LogP contribution in [0.3, 0.4) is 0 Å². The van der Waals surface area contributed by atoms with Crippen molar-refractivity contribution in [3.8, 4) is 0 Å². The van der Waals surface area contributed by atoms with Crippen LogP contribution in [0.15, 0.2) is 39.6 Å². The fourth-order valence-electron chi connectivity index (χ4n) is 1.74. The van der Waals surface area contributed by atoms with Gasteiger partial charge in [0.1, 0.15) is 11.5 Å². The zero-order valence-corrected chi connectivity index (χ0v) is 12.1. The van der Waals surface area contributed by atoms with Crippen molar-refractivity contribution in [3.63, 3.8) is 0 Å². The Kier molecular flexibility index (Phi) is 4.01. The molecule has 0 spiro atoms. The van der Waals surface area contributed by atoms with Crippen LogP contribution in [-0.4, -0.2) is 15.5 Å². The number of hydrogen-bond acceptors (Lipinski definition) is 5. The Morgan fingerprint density at radius 1 is 1.25 bits per heavy atom. The Labute approximate surface area is 118 Å². The second-order valence-electron chi connectivity index (χ2n) is 4.32. The first kappa shape index (κ1) is 14.4. The number of rotatable bonds is 5. The lowest BCUT2D eigenvalue weighted by molar-refractivity contribution is 0.490. The molecule has 1 aromatic heterocycles. The van der Waals surface area contributed by atoms with Gasteiger partial charge in [-0.1, -0.05) is 0 Å². The summed E-state index contributed by atoms with van der Waals surface area (Å²) in [7, 11) is -2.12. The molecule has 0 aliphatic heterocycles. The van der Waals surface area contributed by atoms with Crippen LogP contribution in [0.2, 0.25) is 0 Å². The van der Waals surface area contributed by atoms with Crippen LogP contribution in [-0.2, 0) is 16.6 Å². The predicted octanol–water partition coefficient (Wildman–Crippen LogP) is 1.69. The average Bonchev–Trinajstić information content (AvgIpc) is 2.83. The molecule has 7 heteroatoms. The van der Waals surface area contributed by atoms with E-state index in [0.29, 0.717) is 17.9 Å². The van der Waals surface area contributed by atoms with Crippen molar-refractivity contribution in [3.05, 3.63) is 41.9 Å². The van der Waals surface area contributed by atoms with Gasteiger partial charge < -0.3 is 15.5 Å². The minimum absolute atomic E-state index is 0.160. The Hall–Kier alpha value is -1.99.